The lowest BCUT2D eigenvalue weighted by Crippen LogP contribution is -2.64. The van der Waals surface area contributed by atoms with Gasteiger partial charge in [0.15, 0.2) is 0 Å². The quantitative estimate of drug-likeness (QED) is 0.685. The van der Waals surface area contributed by atoms with Crippen LogP contribution >= 0.6 is 0 Å². The lowest BCUT2D eigenvalue weighted by molar-refractivity contribution is 0.0586. The second kappa shape index (κ2) is 4.00. The van der Waals surface area contributed by atoms with Crippen molar-refractivity contribution in [2.45, 2.75) is 32.4 Å². The molecule has 2 unspecified atom stereocenters. The van der Waals surface area contributed by atoms with E-state index in [9.17, 15) is 9.59 Å². The summed E-state index contributed by atoms with van der Waals surface area (Å²) in [6, 6.07) is 3.07. The number of pyridine rings is 1. The predicted octanol–water partition coefficient (Wildman–Crippen LogP) is 0.230. The first-order valence-electron chi connectivity index (χ1n) is 5.66. The van der Waals surface area contributed by atoms with Crippen LogP contribution in [0.1, 0.15) is 30.6 Å². The number of H-pyrrole nitrogens is 1. The van der Waals surface area contributed by atoms with Gasteiger partial charge >= 0.3 is 0 Å². The first-order valence-corrected chi connectivity index (χ1v) is 5.66. The highest BCUT2D eigenvalue weighted by molar-refractivity contribution is 5.94. The van der Waals surface area contributed by atoms with Crippen molar-refractivity contribution in [2.75, 3.05) is 0 Å². The Morgan fingerprint density at radius 3 is 2.82 bits per heavy atom. The molecule has 5 nitrogen and oxygen atoms in total. The standard InChI is InChI=1S/C12H17N3O2/c1-12(2)8(13)6-9(12)15-11(17)7-3-4-14-10(16)5-7/h3-5,8-9H,6,13H2,1-2H3,(H,14,16)(H,15,17). The van der Waals surface area contributed by atoms with E-state index in [1.54, 1.807) is 6.07 Å². The number of nitrogens with one attached hydrogen (secondary N) is 2. The van der Waals surface area contributed by atoms with E-state index in [1.807, 2.05) is 13.8 Å². The van der Waals surface area contributed by atoms with Gasteiger partial charge in [0, 0.05) is 35.3 Å². The van der Waals surface area contributed by atoms with Crippen LogP contribution < -0.4 is 16.6 Å². The van der Waals surface area contributed by atoms with Crippen LogP contribution in [0.15, 0.2) is 23.1 Å². The molecule has 2 atom stereocenters. The minimum absolute atomic E-state index is 0.0734. The van der Waals surface area contributed by atoms with Gasteiger partial charge in [-0.05, 0) is 12.5 Å². The SMILES string of the molecule is CC1(C)C(N)CC1NC(=O)c1cc[nH]c(=O)c1. The molecule has 92 valence electrons. The van der Waals surface area contributed by atoms with Crippen LogP contribution in [0.4, 0.5) is 0 Å². The van der Waals surface area contributed by atoms with Gasteiger partial charge in [-0.3, -0.25) is 9.59 Å². The monoisotopic (exact) mass is 235 g/mol. The average Bonchev–Trinajstić information content (AvgIpc) is 2.28. The zero-order chi connectivity index (χ0) is 12.6. The minimum Gasteiger partial charge on any atom is -0.349 e. The maximum atomic E-state index is 11.9. The summed E-state index contributed by atoms with van der Waals surface area (Å²) in [5, 5.41) is 2.91. The highest BCUT2D eigenvalue weighted by Crippen LogP contribution is 2.39. The number of aromatic amines is 1. The van der Waals surface area contributed by atoms with Crippen molar-refractivity contribution in [3.63, 3.8) is 0 Å². The highest BCUT2D eigenvalue weighted by atomic mass is 16.2. The number of carbonyl (C=O) groups excluding carboxylic acids is 1. The summed E-state index contributed by atoms with van der Waals surface area (Å²) in [5.41, 5.74) is 5.90. The maximum Gasteiger partial charge on any atom is 0.251 e. The van der Waals surface area contributed by atoms with E-state index in [-0.39, 0.29) is 29.0 Å². The normalized spacial score (nSPS) is 26.1. The van der Waals surface area contributed by atoms with Crippen molar-refractivity contribution in [3.05, 3.63) is 34.2 Å². The molecule has 5 heteroatoms. The summed E-state index contributed by atoms with van der Waals surface area (Å²) in [6.45, 7) is 4.06. The molecule has 0 aromatic carbocycles. The number of nitrogens with two attached hydrogens (primary N) is 1. The third kappa shape index (κ3) is 2.10. The van der Waals surface area contributed by atoms with Crippen molar-refractivity contribution in [3.8, 4) is 0 Å². The van der Waals surface area contributed by atoms with Gasteiger partial charge < -0.3 is 16.0 Å². The zero-order valence-corrected chi connectivity index (χ0v) is 9.99. The number of rotatable bonds is 2. The Morgan fingerprint density at radius 1 is 1.59 bits per heavy atom. The summed E-state index contributed by atoms with van der Waals surface area (Å²) in [6.07, 6.45) is 2.25. The highest BCUT2D eigenvalue weighted by Gasteiger charge is 2.46. The van der Waals surface area contributed by atoms with Crippen molar-refractivity contribution >= 4 is 5.91 Å². The largest absolute Gasteiger partial charge is 0.349 e. The molecule has 4 N–H and O–H groups in total. The lowest BCUT2D eigenvalue weighted by atomic mass is 9.63. The Bertz CT molecular complexity index is 493. The molecule has 0 spiro atoms. The Balaban J connectivity index is 2.06. The van der Waals surface area contributed by atoms with E-state index in [1.165, 1.54) is 12.3 Å². The van der Waals surface area contributed by atoms with Gasteiger partial charge in [0.05, 0.1) is 0 Å². The second-order valence-corrected chi connectivity index (χ2v) is 5.13. The molecule has 1 amide bonds. The first kappa shape index (κ1) is 11.9. The van der Waals surface area contributed by atoms with E-state index in [4.69, 9.17) is 5.73 Å². The summed E-state index contributed by atoms with van der Waals surface area (Å²) < 4.78 is 0. The van der Waals surface area contributed by atoms with Crippen LogP contribution in [0.25, 0.3) is 0 Å². The fourth-order valence-electron chi connectivity index (χ4n) is 2.03. The fraction of sp³-hybridized carbons (Fsp3) is 0.500. The van der Waals surface area contributed by atoms with Gasteiger partial charge in [-0.15, -0.1) is 0 Å². The van der Waals surface area contributed by atoms with Crippen molar-refractivity contribution in [1.29, 1.82) is 0 Å². The molecule has 0 aliphatic heterocycles. The molecule has 0 radical (unpaired) electrons. The first-order chi connectivity index (χ1) is 7.91. The van der Waals surface area contributed by atoms with Gasteiger partial charge in [-0.1, -0.05) is 13.8 Å². The summed E-state index contributed by atoms with van der Waals surface area (Å²) >= 11 is 0. The fourth-order valence-corrected chi connectivity index (χ4v) is 2.03. The van der Waals surface area contributed by atoms with Crippen LogP contribution in [-0.2, 0) is 0 Å². The number of aromatic nitrogens is 1. The van der Waals surface area contributed by atoms with Gasteiger partial charge in [0.25, 0.3) is 5.91 Å². The van der Waals surface area contributed by atoms with Gasteiger partial charge in [-0.25, -0.2) is 0 Å². The van der Waals surface area contributed by atoms with E-state index < -0.39 is 0 Å². The van der Waals surface area contributed by atoms with E-state index in [0.717, 1.165) is 6.42 Å². The lowest BCUT2D eigenvalue weighted by Gasteiger charge is -2.50. The number of carbonyl (C=O) groups is 1. The van der Waals surface area contributed by atoms with Gasteiger partial charge in [0.2, 0.25) is 5.56 Å². The van der Waals surface area contributed by atoms with E-state index in [2.05, 4.69) is 10.3 Å². The van der Waals surface area contributed by atoms with Crippen LogP contribution in [-0.4, -0.2) is 23.0 Å². The molecule has 1 fully saturated rings. The van der Waals surface area contributed by atoms with Crippen LogP contribution in [0.5, 0.6) is 0 Å². The van der Waals surface area contributed by atoms with E-state index in [0.29, 0.717) is 5.56 Å². The van der Waals surface area contributed by atoms with Crippen molar-refractivity contribution in [2.24, 2.45) is 11.1 Å². The summed E-state index contributed by atoms with van der Waals surface area (Å²) in [7, 11) is 0. The van der Waals surface area contributed by atoms with E-state index >= 15 is 0 Å². The summed E-state index contributed by atoms with van der Waals surface area (Å²) in [5.74, 6) is -0.221. The number of hydrogen-bond donors (Lipinski definition) is 3. The molecule has 1 saturated carbocycles. The number of amides is 1. The number of hydrogen-bond acceptors (Lipinski definition) is 3. The van der Waals surface area contributed by atoms with Crippen LogP contribution in [0, 0.1) is 5.41 Å². The Morgan fingerprint density at radius 2 is 2.29 bits per heavy atom. The maximum absolute atomic E-state index is 11.9. The Hall–Kier alpha value is -1.62. The average molecular weight is 235 g/mol. The molecule has 1 heterocycles. The smallest absolute Gasteiger partial charge is 0.251 e. The molecular formula is C12H17N3O2. The molecular weight excluding hydrogens is 218 g/mol. The van der Waals surface area contributed by atoms with Crippen molar-refractivity contribution in [1.82, 2.24) is 10.3 Å². The predicted molar refractivity (Wildman–Crippen MR) is 64.7 cm³/mol. The Labute approximate surface area is 99.4 Å². The molecule has 2 rings (SSSR count). The molecule has 1 aromatic heterocycles. The molecule has 0 saturated heterocycles. The third-order valence-corrected chi connectivity index (χ3v) is 3.69. The molecule has 0 bridgehead atoms. The molecule has 1 aromatic rings. The second-order valence-electron chi connectivity index (χ2n) is 5.13. The van der Waals surface area contributed by atoms with Gasteiger partial charge in [-0.2, -0.15) is 0 Å². The van der Waals surface area contributed by atoms with Gasteiger partial charge in [0.1, 0.15) is 0 Å². The third-order valence-electron chi connectivity index (χ3n) is 3.69. The minimum atomic E-state index is -0.276. The van der Waals surface area contributed by atoms with Crippen LogP contribution in [0.3, 0.4) is 0 Å². The molecule has 1 aliphatic rings. The van der Waals surface area contributed by atoms with Crippen molar-refractivity contribution < 1.29 is 4.79 Å². The Kier molecular flexibility index (Phi) is 2.79. The summed E-state index contributed by atoms with van der Waals surface area (Å²) in [4.78, 5) is 25.5. The zero-order valence-electron chi connectivity index (χ0n) is 9.99. The van der Waals surface area contributed by atoms with Crippen LogP contribution in [0.2, 0.25) is 0 Å². The molecule has 1 aliphatic carbocycles. The molecule has 17 heavy (non-hydrogen) atoms. The topological polar surface area (TPSA) is 88.0 Å².